The van der Waals surface area contributed by atoms with Crippen LogP contribution in [0, 0.1) is 0 Å². The Hall–Kier alpha value is -3.31. The summed E-state index contributed by atoms with van der Waals surface area (Å²) < 4.78 is 5.51. The maximum absolute atomic E-state index is 12.3. The molecule has 3 atom stereocenters. The van der Waals surface area contributed by atoms with Gasteiger partial charge in [-0.25, -0.2) is 14.4 Å². The summed E-state index contributed by atoms with van der Waals surface area (Å²) in [5, 5.41) is 2.75. The van der Waals surface area contributed by atoms with Gasteiger partial charge in [-0.2, -0.15) is 9.98 Å². The third-order valence-electron chi connectivity index (χ3n) is 5.80. The van der Waals surface area contributed by atoms with Crippen LogP contribution in [0.5, 0.6) is 0 Å². The van der Waals surface area contributed by atoms with E-state index < -0.39 is 23.6 Å². The van der Waals surface area contributed by atoms with Crippen molar-refractivity contribution in [3.8, 4) is 0 Å². The molecule has 0 heterocycles. The quantitative estimate of drug-likeness (QED) is 0.341. The number of fused-ring (bicyclic) bond motifs is 3. The highest BCUT2D eigenvalue weighted by Crippen LogP contribution is 2.55. The van der Waals surface area contributed by atoms with Crippen LogP contribution >= 0.6 is 0 Å². The van der Waals surface area contributed by atoms with Gasteiger partial charge < -0.3 is 15.8 Å². The van der Waals surface area contributed by atoms with Gasteiger partial charge in [0.15, 0.2) is 0 Å². The first kappa shape index (κ1) is 22.4. The Bertz CT molecular complexity index is 960. The van der Waals surface area contributed by atoms with E-state index in [9.17, 15) is 14.4 Å². The van der Waals surface area contributed by atoms with Crippen LogP contribution in [0.1, 0.15) is 42.7 Å². The number of isocyanates is 2. The van der Waals surface area contributed by atoms with Crippen molar-refractivity contribution in [3.05, 3.63) is 53.6 Å². The lowest BCUT2D eigenvalue weighted by Crippen LogP contribution is -2.45. The number of nitrogens with two attached hydrogens (primary N) is 1. The summed E-state index contributed by atoms with van der Waals surface area (Å²) in [5.41, 5.74) is 6.76. The molecule has 2 aliphatic carbocycles. The summed E-state index contributed by atoms with van der Waals surface area (Å²) >= 11 is 0. The van der Waals surface area contributed by atoms with E-state index in [4.69, 9.17) is 10.5 Å². The number of allylic oxidation sites excluding steroid dienone is 2. The fraction of sp³-hybridized carbons (Fsp3) is 0.435. The molecule has 0 bridgehead atoms. The summed E-state index contributed by atoms with van der Waals surface area (Å²) in [7, 11) is 0. The van der Waals surface area contributed by atoms with Crippen LogP contribution in [-0.2, 0) is 14.3 Å². The van der Waals surface area contributed by atoms with Crippen LogP contribution in [0.3, 0.4) is 0 Å². The molecule has 0 aromatic heterocycles. The number of hydrogen-bond donors (Lipinski definition) is 2. The molecular weight excluding hydrogens is 396 g/mol. The number of unbranched alkanes of at least 4 members (excludes halogenated alkanes) is 3. The molecule has 8 nitrogen and oxygen atoms in total. The number of nitrogens with one attached hydrogen (secondary N) is 1. The highest BCUT2D eigenvalue weighted by Gasteiger charge is 2.56. The highest BCUT2D eigenvalue weighted by atomic mass is 16.5. The van der Waals surface area contributed by atoms with Crippen LogP contribution in [0.15, 0.2) is 52.5 Å². The van der Waals surface area contributed by atoms with Gasteiger partial charge in [0.1, 0.15) is 18.2 Å². The van der Waals surface area contributed by atoms with Crippen molar-refractivity contribution in [2.45, 2.75) is 43.2 Å². The Balaban J connectivity index is 1.78. The molecule has 1 aromatic rings. The smallest absolute Gasteiger partial charge is 0.407 e. The monoisotopic (exact) mass is 422 g/mol. The first-order valence-electron chi connectivity index (χ1n) is 10.4. The zero-order valence-electron chi connectivity index (χ0n) is 17.3. The maximum Gasteiger partial charge on any atom is 0.407 e. The summed E-state index contributed by atoms with van der Waals surface area (Å²) in [6.07, 6.45) is 11.8. The van der Waals surface area contributed by atoms with E-state index in [2.05, 4.69) is 15.3 Å². The molecule has 8 heteroatoms. The first-order valence-corrected chi connectivity index (χ1v) is 10.4. The van der Waals surface area contributed by atoms with Gasteiger partial charge in [-0.05, 0) is 36.1 Å². The largest absolute Gasteiger partial charge is 0.449 e. The predicted octanol–water partition coefficient (Wildman–Crippen LogP) is 2.76. The molecule has 1 aromatic carbocycles. The van der Waals surface area contributed by atoms with Crippen molar-refractivity contribution >= 4 is 23.8 Å². The second-order valence-electron chi connectivity index (χ2n) is 7.53. The van der Waals surface area contributed by atoms with Gasteiger partial charge in [0.05, 0.1) is 5.92 Å². The highest BCUT2D eigenvalue weighted by molar-refractivity contribution is 5.86. The van der Waals surface area contributed by atoms with Crippen LogP contribution < -0.4 is 11.1 Å². The van der Waals surface area contributed by atoms with Gasteiger partial charge in [-0.15, -0.1) is 0 Å². The molecule has 3 unspecified atom stereocenters. The van der Waals surface area contributed by atoms with Crippen LogP contribution in [0.2, 0.25) is 0 Å². The molecule has 1 amide bonds. The van der Waals surface area contributed by atoms with Gasteiger partial charge in [0.25, 0.3) is 0 Å². The van der Waals surface area contributed by atoms with Crippen molar-refractivity contribution in [1.82, 2.24) is 5.32 Å². The van der Waals surface area contributed by atoms with Crippen LogP contribution in [0.25, 0.3) is 5.57 Å². The lowest BCUT2D eigenvalue weighted by atomic mass is 9.74. The average molecular weight is 422 g/mol. The fourth-order valence-electron chi connectivity index (χ4n) is 4.40. The molecule has 0 fully saturated rings. The molecule has 162 valence electrons. The van der Waals surface area contributed by atoms with E-state index in [-0.39, 0.29) is 6.61 Å². The van der Waals surface area contributed by atoms with E-state index in [1.54, 1.807) is 24.3 Å². The zero-order chi connectivity index (χ0) is 22.1. The van der Waals surface area contributed by atoms with E-state index in [0.717, 1.165) is 42.4 Å². The number of hydrogen-bond acceptors (Lipinski definition) is 7. The van der Waals surface area contributed by atoms with Gasteiger partial charge in [0.2, 0.25) is 12.2 Å². The predicted molar refractivity (Wildman–Crippen MR) is 116 cm³/mol. The fourth-order valence-corrected chi connectivity index (χ4v) is 4.40. The number of alkyl carbamates (subject to hydrolysis) is 1. The minimum absolute atomic E-state index is 0.0305. The third-order valence-corrected chi connectivity index (χ3v) is 5.80. The lowest BCUT2D eigenvalue weighted by molar-refractivity contribution is 0.130. The zero-order valence-corrected chi connectivity index (χ0v) is 17.3. The molecule has 3 N–H and O–H groups in total. The second kappa shape index (κ2) is 10.6. The maximum atomic E-state index is 12.3. The van der Waals surface area contributed by atoms with Crippen molar-refractivity contribution in [2.24, 2.45) is 15.7 Å². The Morgan fingerprint density at radius 1 is 1.16 bits per heavy atom. The lowest BCUT2D eigenvalue weighted by Gasteiger charge is -2.36. The van der Waals surface area contributed by atoms with E-state index in [0.29, 0.717) is 13.1 Å². The van der Waals surface area contributed by atoms with Crippen molar-refractivity contribution in [1.29, 1.82) is 0 Å². The minimum atomic E-state index is -1.21. The Kier molecular flexibility index (Phi) is 7.68. The first-order chi connectivity index (χ1) is 15.2. The standard InChI is InChI=1S/C23H26N4O4/c24-12-5-1-2-6-13-25-22(30)31-14-20-18-9-4-3-8-17(18)19-10-7-11-21(26-15-28)23(19,20)27-16-29/h3-4,7-11,20-21H,1-2,5-6,12-14,24H2,(H,25,30). The molecule has 0 aliphatic heterocycles. The number of carbonyl (C=O) groups is 1. The third kappa shape index (κ3) is 4.57. The molecule has 0 radical (unpaired) electrons. The molecule has 0 spiro atoms. The van der Waals surface area contributed by atoms with E-state index >= 15 is 0 Å². The second-order valence-corrected chi connectivity index (χ2v) is 7.53. The number of benzene rings is 1. The number of rotatable bonds is 10. The molecule has 0 saturated carbocycles. The minimum Gasteiger partial charge on any atom is -0.449 e. The SMILES string of the molecule is NCCCCCCNC(=O)OCC1c2ccccc2C2=CC=CC(N=C=O)C21N=C=O. The Morgan fingerprint density at radius 2 is 1.97 bits per heavy atom. The molecule has 31 heavy (non-hydrogen) atoms. The van der Waals surface area contributed by atoms with Crippen LogP contribution in [0.4, 0.5) is 4.79 Å². The van der Waals surface area contributed by atoms with Crippen molar-refractivity contribution in [2.75, 3.05) is 19.7 Å². The summed E-state index contributed by atoms with van der Waals surface area (Å²) in [4.78, 5) is 42.8. The number of carbonyl (C=O) groups excluding carboxylic acids is 3. The van der Waals surface area contributed by atoms with Crippen molar-refractivity contribution in [3.63, 3.8) is 0 Å². The molecule has 0 saturated heterocycles. The molecule has 2 aliphatic rings. The van der Waals surface area contributed by atoms with E-state index in [1.165, 1.54) is 0 Å². The normalized spacial score (nSPS) is 22.9. The summed E-state index contributed by atoms with van der Waals surface area (Å²) in [6.45, 7) is 1.15. The van der Waals surface area contributed by atoms with Crippen molar-refractivity contribution < 1.29 is 19.1 Å². The van der Waals surface area contributed by atoms with Crippen LogP contribution in [-0.4, -0.2) is 49.5 Å². The average Bonchev–Trinajstić information content (AvgIpc) is 3.06. The van der Waals surface area contributed by atoms with Gasteiger partial charge in [-0.1, -0.05) is 55.3 Å². The summed E-state index contributed by atoms with van der Waals surface area (Å²) in [5.74, 6) is -0.501. The topological polar surface area (TPSA) is 123 Å². The van der Waals surface area contributed by atoms with Gasteiger partial charge in [-0.3, -0.25) is 0 Å². The Morgan fingerprint density at radius 3 is 2.74 bits per heavy atom. The Labute approximate surface area is 181 Å². The number of aliphatic imine (C=N–C) groups is 2. The van der Waals surface area contributed by atoms with Gasteiger partial charge in [0, 0.05) is 6.54 Å². The van der Waals surface area contributed by atoms with Gasteiger partial charge >= 0.3 is 6.09 Å². The molecule has 3 rings (SSSR count). The summed E-state index contributed by atoms with van der Waals surface area (Å²) in [6, 6.07) is 6.82. The van der Waals surface area contributed by atoms with E-state index in [1.807, 2.05) is 30.3 Å². The molecular formula is C23H26N4O4. The number of nitrogens with zero attached hydrogens (tertiary/aromatic N) is 2. The number of ether oxygens (including phenoxy) is 1. The number of amides is 1.